The molecule has 0 saturated heterocycles. The predicted octanol–water partition coefficient (Wildman–Crippen LogP) is 2.47. The molecule has 0 spiro atoms. The Labute approximate surface area is 94.7 Å². The molecule has 4 heteroatoms. The fraction of sp³-hybridized carbons (Fsp3) is 0.500. The Bertz CT molecular complexity index is 471. The fourth-order valence-corrected chi connectivity index (χ4v) is 2.35. The van der Waals surface area contributed by atoms with Crippen molar-refractivity contribution in [2.24, 2.45) is 0 Å². The second-order valence-electron chi connectivity index (χ2n) is 4.43. The highest BCUT2D eigenvalue weighted by molar-refractivity contribution is 5.44. The van der Waals surface area contributed by atoms with Gasteiger partial charge >= 0.3 is 0 Å². The first-order valence-electron chi connectivity index (χ1n) is 5.99. The molecule has 0 aromatic carbocycles. The van der Waals surface area contributed by atoms with Crippen molar-refractivity contribution < 1.29 is 0 Å². The molecule has 2 heterocycles. The molecule has 0 aliphatic heterocycles. The van der Waals surface area contributed by atoms with E-state index in [1.807, 2.05) is 22.8 Å². The van der Waals surface area contributed by atoms with E-state index < -0.39 is 0 Å². The van der Waals surface area contributed by atoms with Crippen LogP contribution in [0, 0.1) is 0 Å². The molecule has 1 N–H and O–H groups in total. The molecule has 2 aromatic heterocycles. The van der Waals surface area contributed by atoms with Gasteiger partial charge < -0.3 is 5.32 Å². The largest absolute Gasteiger partial charge is 0.366 e. The van der Waals surface area contributed by atoms with Crippen molar-refractivity contribution in [2.75, 3.05) is 5.32 Å². The molecule has 1 aliphatic rings. The van der Waals surface area contributed by atoms with Crippen LogP contribution in [0.4, 0.5) is 5.82 Å². The Balaban J connectivity index is 1.77. The van der Waals surface area contributed by atoms with Crippen molar-refractivity contribution in [3.05, 3.63) is 24.5 Å². The number of nitrogens with one attached hydrogen (secondary N) is 1. The summed E-state index contributed by atoms with van der Waals surface area (Å²) in [5.74, 6) is 0.956. The number of rotatable bonds is 2. The van der Waals surface area contributed by atoms with Gasteiger partial charge in [-0.2, -0.15) is 0 Å². The third kappa shape index (κ3) is 1.87. The maximum atomic E-state index is 4.47. The van der Waals surface area contributed by atoms with E-state index in [-0.39, 0.29) is 0 Å². The van der Waals surface area contributed by atoms with Gasteiger partial charge in [-0.1, -0.05) is 19.3 Å². The molecule has 2 aromatic rings. The van der Waals surface area contributed by atoms with Crippen LogP contribution in [0.3, 0.4) is 0 Å². The van der Waals surface area contributed by atoms with Gasteiger partial charge in [0, 0.05) is 18.4 Å². The lowest BCUT2D eigenvalue weighted by molar-refractivity contribution is 0.461. The van der Waals surface area contributed by atoms with Crippen LogP contribution in [-0.4, -0.2) is 20.6 Å². The minimum atomic E-state index is 0.599. The monoisotopic (exact) mass is 216 g/mol. The van der Waals surface area contributed by atoms with Gasteiger partial charge in [-0.3, -0.25) is 0 Å². The smallest absolute Gasteiger partial charge is 0.153 e. The Morgan fingerprint density at radius 2 is 2.06 bits per heavy atom. The number of anilines is 1. The summed E-state index contributed by atoms with van der Waals surface area (Å²) in [6.45, 7) is 0. The van der Waals surface area contributed by atoms with E-state index in [1.54, 1.807) is 6.20 Å². The van der Waals surface area contributed by atoms with Gasteiger partial charge in [0.05, 0.1) is 0 Å². The van der Waals surface area contributed by atoms with Crippen molar-refractivity contribution in [3.63, 3.8) is 0 Å². The minimum absolute atomic E-state index is 0.599. The zero-order valence-electron chi connectivity index (χ0n) is 9.26. The molecule has 0 bridgehead atoms. The van der Waals surface area contributed by atoms with Gasteiger partial charge in [0.1, 0.15) is 5.82 Å². The summed E-state index contributed by atoms with van der Waals surface area (Å²) < 4.78 is 1.81. The molecule has 84 valence electrons. The highest BCUT2D eigenvalue weighted by Gasteiger charge is 2.13. The van der Waals surface area contributed by atoms with E-state index in [0.717, 1.165) is 11.5 Å². The van der Waals surface area contributed by atoms with Crippen molar-refractivity contribution in [3.8, 4) is 0 Å². The average molecular weight is 216 g/mol. The summed E-state index contributed by atoms with van der Waals surface area (Å²) in [6.07, 6.45) is 10.2. The maximum Gasteiger partial charge on any atom is 0.153 e. The molecular weight excluding hydrogens is 200 g/mol. The highest BCUT2D eigenvalue weighted by Crippen LogP contribution is 2.20. The van der Waals surface area contributed by atoms with Crippen LogP contribution in [0.2, 0.25) is 0 Å². The topological polar surface area (TPSA) is 42.2 Å². The van der Waals surface area contributed by atoms with Crippen LogP contribution >= 0.6 is 0 Å². The lowest BCUT2D eigenvalue weighted by atomic mass is 9.95. The van der Waals surface area contributed by atoms with E-state index in [9.17, 15) is 0 Å². The molecule has 4 nitrogen and oxygen atoms in total. The number of hydrogen-bond acceptors (Lipinski definition) is 3. The molecule has 16 heavy (non-hydrogen) atoms. The van der Waals surface area contributed by atoms with Gasteiger partial charge in [0.15, 0.2) is 5.65 Å². The molecule has 3 rings (SSSR count). The zero-order chi connectivity index (χ0) is 10.8. The van der Waals surface area contributed by atoms with E-state index in [4.69, 9.17) is 0 Å². The third-order valence-electron chi connectivity index (χ3n) is 3.21. The summed E-state index contributed by atoms with van der Waals surface area (Å²) >= 11 is 0. The molecule has 0 amide bonds. The minimum Gasteiger partial charge on any atom is -0.366 e. The number of aromatic nitrogens is 3. The average Bonchev–Trinajstić information content (AvgIpc) is 2.77. The molecule has 1 aliphatic carbocycles. The predicted molar refractivity (Wildman–Crippen MR) is 63.5 cm³/mol. The zero-order valence-corrected chi connectivity index (χ0v) is 9.26. The second-order valence-corrected chi connectivity index (χ2v) is 4.43. The summed E-state index contributed by atoms with van der Waals surface area (Å²) in [5, 5.41) is 7.98. The highest BCUT2D eigenvalue weighted by atomic mass is 15.3. The van der Waals surface area contributed by atoms with Crippen LogP contribution in [0.1, 0.15) is 32.1 Å². The van der Waals surface area contributed by atoms with Gasteiger partial charge in [0.25, 0.3) is 0 Å². The van der Waals surface area contributed by atoms with Crippen molar-refractivity contribution >= 4 is 11.5 Å². The van der Waals surface area contributed by atoms with Gasteiger partial charge in [-0.25, -0.2) is 9.50 Å². The Morgan fingerprint density at radius 1 is 1.19 bits per heavy atom. The first-order chi connectivity index (χ1) is 7.92. The molecular formula is C12H16N4. The number of hydrogen-bond donors (Lipinski definition) is 1. The van der Waals surface area contributed by atoms with Gasteiger partial charge in [-0.05, 0) is 25.0 Å². The number of nitrogens with zero attached hydrogens (tertiary/aromatic N) is 3. The van der Waals surface area contributed by atoms with Crippen LogP contribution in [0.15, 0.2) is 24.5 Å². The maximum absolute atomic E-state index is 4.47. The SMILES string of the molecule is c1cn2nc(NC3CCCCC3)ccc2n1. The number of fused-ring (bicyclic) bond motifs is 1. The molecule has 1 fully saturated rings. The Kier molecular flexibility index (Phi) is 2.48. The standard InChI is InChI=1S/C12H16N4/c1-2-4-10(5-3-1)14-11-6-7-12-13-8-9-16(12)15-11/h6-10H,1-5H2,(H,14,15). The summed E-state index contributed by atoms with van der Waals surface area (Å²) in [5.41, 5.74) is 0.897. The van der Waals surface area contributed by atoms with Crippen molar-refractivity contribution in [1.29, 1.82) is 0 Å². The van der Waals surface area contributed by atoms with Crippen molar-refractivity contribution in [2.45, 2.75) is 38.1 Å². The van der Waals surface area contributed by atoms with Gasteiger partial charge in [0.2, 0.25) is 0 Å². The van der Waals surface area contributed by atoms with E-state index in [1.165, 1.54) is 32.1 Å². The lowest BCUT2D eigenvalue weighted by Gasteiger charge is -2.23. The number of imidazole rings is 1. The third-order valence-corrected chi connectivity index (χ3v) is 3.21. The van der Waals surface area contributed by atoms with Crippen LogP contribution in [0.25, 0.3) is 5.65 Å². The summed E-state index contributed by atoms with van der Waals surface area (Å²) in [6, 6.07) is 4.61. The summed E-state index contributed by atoms with van der Waals surface area (Å²) in [4.78, 5) is 4.18. The van der Waals surface area contributed by atoms with E-state index in [2.05, 4.69) is 15.4 Å². The normalized spacial score (nSPS) is 17.8. The first kappa shape index (κ1) is 9.63. The Hall–Kier alpha value is -1.58. The fourth-order valence-electron chi connectivity index (χ4n) is 2.35. The molecule has 0 unspecified atom stereocenters. The lowest BCUT2D eigenvalue weighted by Crippen LogP contribution is -2.23. The second kappa shape index (κ2) is 4.12. The van der Waals surface area contributed by atoms with Crippen molar-refractivity contribution in [1.82, 2.24) is 14.6 Å². The van der Waals surface area contributed by atoms with Crippen LogP contribution in [0.5, 0.6) is 0 Å². The van der Waals surface area contributed by atoms with Gasteiger partial charge in [-0.15, -0.1) is 5.10 Å². The van der Waals surface area contributed by atoms with E-state index in [0.29, 0.717) is 6.04 Å². The summed E-state index contributed by atoms with van der Waals surface area (Å²) in [7, 11) is 0. The Morgan fingerprint density at radius 3 is 2.94 bits per heavy atom. The molecule has 0 atom stereocenters. The molecule has 1 saturated carbocycles. The quantitative estimate of drug-likeness (QED) is 0.838. The van der Waals surface area contributed by atoms with Crippen LogP contribution in [-0.2, 0) is 0 Å². The molecule has 0 radical (unpaired) electrons. The van der Waals surface area contributed by atoms with E-state index >= 15 is 0 Å². The first-order valence-corrected chi connectivity index (χ1v) is 5.99. The van der Waals surface area contributed by atoms with Crippen LogP contribution < -0.4 is 5.32 Å².